The molecule has 0 aromatic heterocycles. The predicted molar refractivity (Wildman–Crippen MR) is 99.4 cm³/mol. The van der Waals surface area contributed by atoms with Gasteiger partial charge in [-0.25, -0.2) is 4.79 Å². The molecule has 136 valence electrons. The number of likely N-dealkylation sites (N-methyl/N-ethyl adjacent to an activating group) is 1. The van der Waals surface area contributed by atoms with Gasteiger partial charge in [-0.05, 0) is 37.5 Å². The van der Waals surface area contributed by atoms with Crippen molar-refractivity contribution in [2.45, 2.75) is 31.3 Å². The van der Waals surface area contributed by atoms with Gasteiger partial charge in [-0.1, -0.05) is 6.07 Å². The highest BCUT2D eigenvalue weighted by Gasteiger charge is 2.28. The Morgan fingerprint density at radius 1 is 1.04 bits per heavy atom. The van der Waals surface area contributed by atoms with E-state index in [1.165, 1.54) is 5.69 Å². The van der Waals surface area contributed by atoms with Crippen LogP contribution in [0, 0.1) is 0 Å². The van der Waals surface area contributed by atoms with Crippen molar-refractivity contribution in [1.29, 1.82) is 0 Å². The lowest BCUT2D eigenvalue weighted by molar-refractivity contribution is 0.186. The van der Waals surface area contributed by atoms with Gasteiger partial charge < -0.3 is 19.9 Å². The maximum atomic E-state index is 12.2. The van der Waals surface area contributed by atoms with E-state index in [1.54, 1.807) is 4.90 Å². The molecule has 0 aliphatic carbocycles. The van der Waals surface area contributed by atoms with Gasteiger partial charge in [0.15, 0.2) is 0 Å². The van der Waals surface area contributed by atoms with Crippen LogP contribution in [0.2, 0.25) is 0 Å². The third kappa shape index (κ3) is 3.60. The zero-order chi connectivity index (χ0) is 17.2. The second-order valence-electron chi connectivity index (χ2n) is 7.36. The molecule has 1 atom stereocenters. The third-order valence-corrected chi connectivity index (χ3v) is 5.62. The smallest absolute Gasteiger partial charge is 0.324 e. The van der Waals surface area contributed by atoms with Crippen LogP contribution in [0.5, 0.6) is 0 Å². The van der Waals surface area contributed by atoms with E-state index in [0.717, 1.165) is 64.3 Å². The van der Waals surface area contributed by atoms with E-state index in [9.17, 15) is 4.79 Å². The van der Waals surface area contributed by atoms with E-state index in [0.29, 0.717) is 12.1 Å². The van der Waals surface area contributed by atoms with Gasteiger partial charge in [0.2, 0.25) is 0 Å². The minimum atomic E-state index is 0.0961. The quantitative estimate of drug-likeness (QED) is 0.906. The summed E-state index contributed by atoms with van der Waals surface area (Å²) in [6.07, 6.45) is 3.46. The van der Waals surface area contributed by atoms with Gasteiger partial charge in [0.05, 0.1) is 6.61 Å². The Morgan fingerprint density at radius 3 is 2.52 bits per heavy atom. The number of amides is 2. The summed E-state index contributed by atoms with van der Waals surface area (Å²) < 4.78 is 5.46. The second-order valence-corrected chi connectivity index (χ2v) is 7.36. The lowest BCUT2D eigenvalue weighted by Gasteiger charge is -2.35. The molecule has 0 saturated carbocycles. The van der Waals surface area contributed by atoms with Crippen LogP contribution < -0.4 is 15.1 Å². The number of carbonyl (C=O) groups excluding carboxylic acids is 1. The molecule has 25 heavy (non-hydrogen) atoms. The number of hydrogen-bond acceptors (Lipinski definition) is 4. The minimum absolute atomic E-state index is 0.0961. The summed E-state index contributed by atoms with van der Waals surface area (Å²) in [5.41, 5.74) is 2.23. The average Bonchev–Trinajstić information content (AvgIpc) is 3.26. The van der Waals surface area contributed by atoms with Crippen molar-refractivity contribution < 1.29 is 9.53 Å². The van der Waals surface area contributed by atoms with Crippen LogP contribution in [0.15, 0.2) is 24.3 Å². The van der Waals surface area contributed by atoms with Gasteiger partial charge in [-0.3, -0.25) is 4.90 Å². The Hall–Kier alpha value is -1.79. The first kappa shape index (κ1) is 16.7. The molecule has 3 aliphatic rings. The van der Waals surface area contributed by atoms with Gasteiger partial charge in [0.25, 0.3) is 0 Å². The van der Waals surface area contributed by atoms with Gasteiger partial charge in [-0.2, -0.15) is 0 Å². The van der Waals surface area contributed by atoms with Crippen molar-refractivity contribution in [2.24, 2.45) is 0 Å². The fourth-order valence-corrected chi connectivity index (χ4v) is 4.05. The van der Waals surface area contributed by atoms with E-state index >= 15 is 0 Å². The highest BCUT2D eigenvalue weighted by Crippen LogP contribution is 2.27. The largest absolute Gasteiger partial charge is 0.380 e. The molecule has 3 heterocycles. The van der Waals surface area contributed by atoms with Gasteiger partial charge >= 0.3 is 6.03 Å². The number of urea groups is 1. The molecule has 3 fully saturated rings. The first-order valence-electron chi connectivity index (χ1n) is 9.42. The van der Waals surface area contributed by atoms with Crippen molar-refractivity contribution in [2.75, 3.05) is 56.2 Å². The summed E-state index contributed by atoms with van der Waals surface area (Å²) in [6.45, 7) is 5.44. The first-order valence-corrected chi connectivity index (χ1v) is 9.42. The molecule has 0 radical (unpaired) electrons. The fourth-order valence-electron chi connectivity index (χ4n) is 4.05. The summed E-state index contributed by atoms with van der Waals surface area (Å²) >= 11 is 0. The number of benzene rings is 1. The highest BCUT2D eigenvalue weighted by molar-refractivity contribution is 5.94. The van der Waals surface area contributed by atoms with Crippen molar-refractivity contribution in [3.63, 3.8) is 0 Å². The number of ether oxygens (including phenoxy) is 1. The van der Waals surface area contributed by atoms with Crippen LogP contribution in [0.4, 0.5) is 16.2 Å². The Kier molecular flexibility index (Phi) is 4.81. The van der Waals surface area contributed by atoms with Crippen LogP contribution >= 0.6 is 0 Å². The van der Waals surface area contributed by atoms with E-state index in [2.05, 4.69) is 28.4 Å². The Labute approximate surface area is 149 Å². The molecular weight excluding hydrogens is 316 g/mol. The molecule has 0 bridgehead atoms. The van der Waals surface area contributed by atoms with E-state index in [1.807, 2.05) is 18.0 Å². The minimum Gasteiger partial charge on any atom is -0.380 e. The SMILES string of the molecule is CN1CCN(c2cccc(N3CCC(N[C@@H]4CCOC4)CC3)c2)C1=O. The first-order chi connectivity index (χ1) is 12.2. The summed E-state index contributed by atoms with van der Waals surface area (Å²) in [6, 6.07) is 9.66. The van der Waals surface area contributed by atoms with Gasteiger partial charge in [0, 0.05) is 63.3 Å². The Morgan fingerprint density at radius 2 is 1.84 bits per heavy atom. The van der Waals surface area contributed by atoms with Crippen LogP contribution in [0.3, 0.4) is 0 Å². The summed E-state index contributed by atoms with van der Waals surface area (Å²) in [4.78, 5) is 18.3. The molecule has 3 saturated heterocycles. The molecule has 3 aliphatic heterocycles. The van der Waals surface area contributed by atoms with E-state index in [4.69, 9.17) is 4.74 Å². The molecule has 4 rings (SSSR count). The fraction of sp³-hybridized carbons (Fsp3) is 0.632. The number of rotatable bonds is 4. The predicted octanol–water partition coefficient (Wildman–Crippen LogP) is 1.91. The highest BCUT2D eigenvalue weighted by atomic mass is 16.5. The normalized spacial score (nSPS) is 25.2. The Bertz CT molecular complexity index is 609. The maximum Gasteiger partial charge on any atom is 0.324 e. The zero-order valence-corrected chi connectivity index (χ0v) is 15.0. The number of carbonyl (C=O) groups is 1. The molecule has 1 aromatic carbocycles. The molecular formula is C19H28N4O2. The third-order valence-electron chi connectivity index (χ3n) is 5.62. The maximum absolute atomic E-state index is 12.2. The molecule has 0 spiro atoms. The van der Waals surface area contributed by atoms with E-state index < -0.39 is 0 Å². The van der Waals surface area contributed by atoms with Crippen molar-refractivity contribution >= 4 is 17.4 Å². The van der Waals surface area contributed by atoms with Gasteiger partial charge in [-0.15, -0.1) is 0 Å². The summed E-state index contributed by atoms with van der Waals surface area (Å²) in [5.74, 6) is 0. The number of nitrogens with one attached hydrogen (secondary N) is 1. The molecule has 1 aromatic rings. The van der Waals surface area contributed by atoms with E-state index in [-0.39, 0.29) is 6.03 Å². The molecule has 6 heteroatoms. The van der Waals surface area contributed by atoms with Crippen LogP contribution in [0.1, 0.15) is 19.3 Å². The van der Waals surface area contributed by atoms with Crippen LogP contribution in [0.25, 0.3) is 0 Å². The van der Waals surface area contributed by atoms with Crippen molar-refractivity contribution in [1.82, 2.24) is 10.2 Å². The number of piperidine rings is 1. The van der Waals surface area contributed by atoms with Crippen molar-refractivity contribution in [3.05, 3.63) is 24.3 Å². The Balaban J connectivity index is 1.36. The molecule has 2 amide bonds. The van der Waals surface area contributed by atoms with Crippen molar-refractivity contribution in [3.8, 4) is 0 Å². The summed E-state index contributed by atoms with van der Waals surface area (Å²) in [5, 5.41) is 3.75. The average molecular weight is 344 g/mol. The summed E-state index contributed by atoms with van der Waals surface area (Å²) in [7, 11) is 1.86. The number of hydrogen-bond donors (Lipinski definition) is 1. The lowest BCUT2D eigenvalue weighted by atomic mass is 10.0. The topological polar surface area (TPSA) is 48.0 Å². The second kappa shape index (κ2) is 7.22. The van der Waals surface area contributed by atoms with Gasteiger partial charge in [0.1, 0.15) is 0 Å². The standard InChI is InChI=1S/C19H28N4O2/c1-21-10-11-23(19(21)24)18-4-2-3-17(13-18)22-8-5-15(6-9-22)20-16-7-12-25-14-16/h2-4,13,15-16,20H,5-12,14H2,1H3/t16-/m1/s1. The zero-order valence-electron chi connectivity index (χ0n) is 15.0. The monoisotopic (exact) mass is 344 g/mol. The number of anilines is 2. The number of nitrogens with zero attached hydrogens (tertiary/aromatic N) is 3. The van der Waals surface area contributed by atoms with Crippen LogP contribution in [-0.2, 0) is 4.74 Å². The molecule has 6 nitrogen and oxygen atoms in total. The molecule has 1 N–H and O–H groups in total. The lowest BCUT2D eigenvalue weighted by Crippen LogP contribution is -2.46. The van der Waals surface area contributed by atoms with Crippen LogP contribution in [-0.4, -0.2) is 69.5 Å². The molecule has 0 unspecified atom stereocenters.